The van der Waals surface area contributed by atoms with Gasteiger partial charge in [0, 0.05) is 11.8 Å². The number of amides is 1. The van der Waals surface area contributed by atoms with Crippen molar-refractivity contribution in [1.29, 1.82) is 0 Å². The third-order valence-corrected chi connectivity index (χ3v) is 3.35. The molecule has 0 fully saturated rings. The van der Waals surface area contributed by atoms with E-state index in [9.17, 15) is 14.0 Å². The van der Waals surface area contributed by atoms with Gasteiger partial charge in [-0.3, -0.25) is 4.79 Å². The number of nitrogens with one attached hydrogen (secondary N) is 3. The number of ether oxygens (including phenoxy) is 1. The molecule has 0 unspecified atom stereocenters. The summed E-state index contributed by atoms with van der Waals surface area (Å²) in [6.07, 6.45) is 0. The number of anilines is 1. The highest BCUT2D eigenvalue weighted by atomic mass is 35.5. The fourth-order valence-electron chi connectivity index (χ4n) is 2.02. The SMILES string of the molecule is O=C(COc1ccc(F)c(Cl)c1)Nc1ccc2[nH]c(=O)[nH]c2c1. The van der Waals surface area contributed by atoms with Crippen LogP contribution in [0.3, 0.4) is 0 Å². The Hall–Kier alpha value is -2.80. The summed E-state index contributed by atoms with van der Waals surface area (Å²) >= 11 is 5.63. The Kier molecular flexibility index (Phi) is 4.03. The van der Waals surface area contributed by atoms with E-state index in [-0.39, 0.29) is 23.1 Å². The lowest BCUT2D eigenvalue weighted by molar-refractivity contribution is -0.118. The summed E-state index contributed by atoms with van der Waals surface area (Å²) in [5.74, 6) is -0.670. The fraction of sp³-hybridized carbons (Fsp3) is 0.0667. The molecule has 1 aromatic heterocycles. The lowest BCUT2D eigenvalue weighted by atomic mass is 10.3. The fourth-order valence-corrected chi connectivity index (χ4v) is 2.19. The quantitative estimate of drug-likeness (QED) is 0.685. The lowest BCUT2D eigenvalue weighted by Crippen LogP contribution is -2.20. The Morgan fingerprint density at radius 2 is 1.96 bits per heavy atom. The Bertz CT molecular complexity index is 935. The minimum absolute atomic E-state index is 0.0789. The molecule has 1 heterocycles. The summed E-state index contributed by atoms with van der Waals surface area (Å²) in [4.78, 5) is 28.2. The monoisotopic (exact) mass is 335 g/mol. The predicted molar refractivity (Wildman–Crippen MR) is 84.5 cm³/mol. The molecule has 3 aromatic rings. The second kappa shape index (κ2) is 6.13. The number of rotatable bonds is 4. The van der Waals surface area contributed by atoms with Crippen molar-refractivity contribution in [2.45, 2.75) is 0 Å². The molecule has 0 aliphatic carbocycles. The zero-order valence-corrected chi connectivity index (χ0v) is 12.4. The minimum Gasteiger partial charge on any atom is -0.484 e. The van der Waals surface area contributed by atoms with E-state index in [1.54, 1.807) is 18.2 Å². The van der Waals surface area contributed by atoms with Crippen LogP contribution < -0.4 is 15.7 Å². The maximum atomic E-state index is 13.0. The van der Waals surface area contributed by atoms with Gasteiger partial charge < -0.3 is 20.0 Å². The second-order valence-corrected chi connectivity index (χ2v) is 5.16. The topological polar surface area (TPSA) is 87.0 Å². The molecule has 23 heavy (non-hydrogen) atoms. The van der Waals surface area contributed by atoms with Gasteiger partial charge in [-0.25, -0.2) is 9.18 Å². The second-order valence-electron chi connectivity index (χ2n) is 4.75. The predicted octanol–water partition coefficient (Wildman–Crippen LogP) is 2.67. The molecule has 118 valence electrons. The first-order chi connectivity index (χ1) is 11.0. The van der Waals surface area contributed by atoms with Crippen molar-refractivity contribution in [2.24, 2.45) is 0 Å². The van der Waals surface area contributed by atoms with Crippen LogP contribution in [0.1, 0.15) is 0 Å². The van der Waals surface area contributed by atoms with Crippen molar-refractivity contribution < 1.29 is 13.9 Å². The Balaban J connectivity index is 1.63. The number of H-pyrrole nitrogens is 2. The molecule has 3 rings (SSSR count). The molecule has 0 radical (unpaired) electrons. The number of hydrogen-bond acceptors (Lipinski definition) is 3. The number of halogens is 2. The summed E-state index contributed by atoms with van der Waals surface area (Å²) in [5.41, 5.74) is 1.42. The highest BCUT2D eigenvalue weighted by molar-refractivity contribution is 6.30. The van der Waals surface area contributed by atoms with Crippen LogP contribution in [-0.2, 0) is 4.79 Å². The van der Waals surface area contributed by atoms with Crippen molar-refractivity contribution in [1.82, 2.24) is 9.97 Å². The lowest BCUT2D eigenvalue weighted by Gasteiger charge is -2.08. The number of imidazole rings is 1. The van der Waals surface area contributed by atoms with E-state index in [1.807, 2.05) is 0 Å². The first kappa shape index (κ1) is 15.1. The number of carbonyl (C=O) groups is 1. The molecule has 3 N–H and O–H groups in total. The molecular weight excluding hydrogens is 325 g/mol. The van der Waals surface area contributed by atoms with Crippen LogP contribution in [0.15, 0.2) is 41.2 Å². The first-order valence-electron chi connectivity index (χ1n) is 6.61. The van der Waals surface area contributed by atoms with Gasteiger partial charge >= 0.3 is 5.69 Å². The zero-order valence-electron chi connectivity index (χ0n) is 11.7. The molecule has 0 aliphatic rings. The molecule has 6 nitrogen and oxygen atoms in total. The smallest absolute Gasteiger partial charge is 0.323 e. The van der Waals surface area contributed by atoms with Gasteiger partial charge in [-0.2, -0.15) is 0 Å². The minimum atomic E-state index is -0.558. The number of benzene rings is 2. The number of hydrogen-bond donors (Lipinski definition) is 3. The normalized spacial score (nSPS) is 10.7. The van der Waals surface area contributed by atoms with Gasteiger partial charge in [0.05, 0.1) is 16.1 Å². The largest absolute Gasteiger partial charge is 0.484 e. The summed E-state index contributed by atoms with van der Waals surface area (Å²) in [7, 11) is 0. The third kappa shape index (κ3) is 3.51. The Morgan fingerprint density at radius 1 is 1.17 bits per heavy atom. The molecule has 8 heteroatoms. The molecule has 2 aromatic carbocycles. The van der Waals surface area contributed by atoms with Crippen molar-refractivity contribution in [3.63, 3.8) is 0 Å². The highest BCUT2D eigenvalue weighted by Gasteiger charge is 2.07. The molecule has 0 atom stereocenters. The van der Waals surface area contributed by atoms with Crippen LogP contribution in [0.5, 0.6) is 5.75 Å². The van der Waals surface area contributed by atoms with E-state index in [0.717, 1.165) is 6.07 Å². The van der Waals surface area contributed by atoms with E-state index >= 15 is 0 Å². The molecule has 0 aliphatic heterocycles. The summed E-state index contributed by atoms with van der Waals surface area (Å²) in [6.45, 7) is -0.260. The van der Waals surface area contributed by atoms with Crippen molar-refractivity contribution >= 4 is 34.2 Å². The summed E-state index contributed by atoms with van der Waals surface area (Å²) < 4.78 is 18.3. The average Bonchev–Trinajstić information content (AvgIpc) is 2.88. The molecule has 0 bridgehead atoms. The zero-order chi connectivity index (χ0) is 16.4. The summed E-state index contributed by atoms with van der Waals surface area (Å²) in [5, 5.41) is 2.55. The van der Waals surface area contributed by atoms with Crippen LogP contribution in [0, 0.1) is 5.82 Å². The highest BCUT2D eigenvalue weighted by Crippen LogP contribution is 2.21. The molecule has 0 saturated carbocycles. The average molecular weight is 336 g/mol. The van der Waals surface area contributed by atoms with Crippen LogP contribution in [-0.4, -0.2) is 22.5 Å². The molecule has 0 saturated heterocycles. The number of fused-ring (bicyclic) bond motifs is 1. The van der Waals surface area contributed by atoms with Crippen molar-refractivity contribution in [2.75, 3.05) is 11.9 Å². The number of aromatic nitrogens is 2. The van der Waals surface area contributed by atoms with E-state index in [0.29, 0.717) is 16.7 Å². The first-order valence-corrected chi connectivity index (χ1v) is 6.99. The third-order valence-electron chi connectivity index (χ3n) is 3.06. The van der Waals surface area contributed by atoms with Gasteiger partial charge in [-0.15, -0.1) is 0 Å². The maximum Gasteiger partial charge on any atom is 0.323 e. The standard InChI is InChI=1S/C15H11ClFN3O3/c16-10-6-9(2-3-11(10)17)23-7-14(21)18-8-1-4-12-13(5-8)20-15(22)19-12/h1-6H,7H2,(H,18,21)(H2,19,20,22). The van der Waals surface area contributed by atoms with Gasteiger partial charge in [0.1, 0.15) is 11.6 Å². The van der Waals surface area contributed by atoms with Crippen molar-refractivity contribution in [3.05, 3.63) is 57.7 Å². The number of carbonyl (C=O) groups excluding carboxylic acids is 1. The van der Waals surface area contributed by atoms with Gasteiger partial charge in [-0.05, 0) is 30.3 Å². The van der Waals surface area contributed by atoms with E-state index < -0.39 is 11.7 Å². The number of aromatic amines is 2. The van der Waals surface area contributed by atoms with Gasteiger partial charge in [0.15, 0.2) is 6.61 Å². The van der Waals surface area contributed by atoms with Gasteiger partial charge in [0.2, 0.25) is 0 Å². The van der Waals surface area contributed by atoms with Gasteiger partial charge in [0.25, 0.3) is 5.91 Å². The Labute approximate surface area is 134 Å². The van der Waals surface area contributed by atoms with E-state index in [2.05, 4.69) is 15.3 Å². The van der Waals surface area contributed by atoms with E-state index in [1.165, 1.54) is 12.1 Å². The molecule has 0 spiro atoms. The molecular formula is C15H11ClFN3O3. The van der Waals surface area contributed by atoms with Crippen molar-refractivity contribution in [3.8, 4) is 5.75 Å². The maximum absolute atomic E-state index is 13.0. The summed E-state index contributed by atoms with van der Waals surface area (Å²) in [6, 6.07) is 8.78. The Morgan fingerprint density at radius 3 is 2.74 bits per heavy atom. The molecule has 1 amide bonds. The van der Waals surface area contributed by atoms with Crippen LogP contribution in [0.25, 0.3) is 11.0 Å². The van der Waals surface area contributed by atoms with Crippen LogP contribution >= 0.6 is 11.6 Å². The van der Waals surface area contributed by atoms with E-state index in [4.69, 9.17) is 16.3 Å². The van der Waals surface area contributed by atoms with Crippen LogP contribution in [0.2, 0.25) is 5.02 Å². The van der Waals surface area contributed by atoms with Gasteiger partial charge in [-0.1, -0.05) is 11.6 Å². The van der Waals surface area contributed by atoms with Crippen LogP contribution in [0.4, 0.5) is 10.1 Å².